The van der Waals surface area contributed by atoms with Crippen LogP contribution in [0.4, 0.5) is 0 Å². The molecule has 2 heterocycles. The van der Waals surface area contributed by atoms with Crippen LogP contribution >= 0.6 is 11.3 Å². The smallest absolute Gasteiger partial charge is 0.225 e. The first-order valence-corrected chi connectivity index (χ1v) is 11.3. The van der Waals surface area contributed by atoms with E-state index in [-0.39, 0.29) is 17.9 Å². The number of aryl methyl sites for hydroxylation is 1. The molecule has 0 unspecified atom stereocenters. The zero-order valence-electron chi connectivity index (χ0n) is 16.7. The third-order valence-electron chi connectivity index (χ3n) is 6.26. The van der Waals surface area contributed by atoms with Crippen LogP contribution in [0.5, 0.6) is 5.88 Å². The first-order chi connectivity index (χ1) is 13.6. The lowest BCUT2D eigenvalue weighted by Crippen LogP contribution is -2.36. The second-order valence-electron chi connectivity index (χ2n) is 8.22. The quantitative estimate of drug-likeness (QED) is 0.739. The summed E-state index contributed by atoms with van der Waals surface area (Å²) in [5, 5.41) is 4.62. The molecule has 4 rings (SSSR count). The number of fused-ring (bicyclic) bond motifs is 3. The van der Waals surface area contributed by atoms with Crippen molar-refractivity contribution in [2.24, 2.45) is 11.7 Å². The van der Waals surface area contributed by atoms with Crippen molar-refractivity contribution in [1.82, 2.24) is 15.3 Å². The molecule has 0 aromatic carbocycles. The molecule has 28 heavy (non-hydrogen) atoms. The number of carbonyl (C=O) groups excluding carboxylic acids is 1. The molecule has 2 aliphatic rings. The van der Waals surface area contributed by atoms with E-state index in [1.165, 1.54) is 10.4 Å². The van der Waals surface area contributed by atoms with E-state index in [4.69, 9.17) is 10.5 Å². The lowest BCUT2D eigenvalue weighted by Gasteiger charge is -2.29. The van der Waals surface area contributed by atoms with E-state index < -0.39 is 0 Å². The number of rotatable bonds is 7. The average molecular weight is 403 g/mol. The van der Waals surface area contributed by atoms with Crippen LogP contribution < -0.4 is 15.8 Å². The zero-order valence-corrected chi connectivity index (χ0v) is 17.6. The molecule has 0 radical (unpaired) electrons. The van der Waals surface area contributed by atoms with Crippen LogP contribution in [0, 0.1) is 5.92 Å². The Hall–Kier alpha value is -1.73. The molecule has 2 aromatic heterocycles. The van der Waals surface area contributed by atoms with Gasteiger partial charge in [0.15, 0.2) is 0 Å². The number of amides is 1. The number of hydrogen-bond acceptors (Lipinski definition) is 6. The number of nitrogens with two attached hydrogens (primary N) is 1. The largest absolute Gasteiger partial charge is 0.474 e. The molecule has 3 N–H and O–H groups in total. The molecule has 0 spiro atoms. The van der Waals surface area contributed by atoms with E-state index in [1.807, 2.05) is 6.92 Å². The van der Waals surface area contributed by atoms with Gasteiger partial charge in [0.25, 0.3) is 0 Å². The SMILES string of the molecule is CCNC1CCC(Oc2ncnc3sc4c(c23)[C@@H](C[C@@H](C)C(N)=O)CC4)CC1. The Labute approximate surface area is 170 Å². The second-order valence-corrected chi connectivity index (χ2v) is 9.31. The third-order valence-corrected chi connectivity index (χ3v) is 7.44. The summed E-state index contributed by atoms with van der Waals surface area (Å²) >= 11 is 1.75. The number of primary amides is 1. The molecule has 152 valence electrons. The minimum Gasteiger partial charge on any atom is -0.474 e. The zero-order chi connectivity index (χ0) is 19.7. The van der Waals surface area contributed by atoms with Gasteiger partial charge in [-0.2, -0.15) is 0 Å². The lowest BCUT2D eigenvalue weighted by molar-refractivity contribution is -0.121. The molecular formula is C21H30N4O2S. The van der Waals surface area contributed by atoms with Crippen molar-refractivity contribution in [3.63, 3.8) is 0 Å². The van der Waals surface area contributed by atoms with Gasteiger partial charge in [0.1, 0.15) is 17.3 Å². The normalized spacial score (nSPS) is 25.6. The predicted octanol–water partition coefficient (Wildman–Crippen LogP) is 3.53. The van der Waals surface area contributed by atoms with Crippen molar-refractivity contribution in [3.8, 4) is 5.88 Å². The Kier molecular flexibility index (Phi) is 5.83. The highest BCUT2D eigenvalue weighted by Gasteiger charge is 2.32. The number of hydrogen-bond donors (Lipinski definition) is 2. The highest BCUT2D eigenvalue weighted by atomic mass is 32.1. The first kappa shape index (κ1) is 19.6. The molecule has 1 saturated carbocycles. The van der Waals surface area contributed by atoms with Gasteiger partial charge < -0.3 is 15.8 Å². The number of thiophene rings is 1. The topological polar surface area (TPSA) is 90.1 Å². The third kappa shape index (κ3) is 3.87. The van der Waals surface area contributed by atoms with E-state index in [9.17, 15) is 4.79 Å². The van der Waals surface area contributed by atoms with E-state index in [2.05, 4.69) is 22.2 Å². The number of nitrogens with zero attached hydrogens (tertiary/aromatic N) is 2. The fourth-order valence-corrected chi connectivity index (χ4v) is 5.97. The minimum atomic E-state index is -0.224. The van der Waals surface area contributed by atoms with Gasteiger partial charge in [-0.15, -0.1) is 11.3 Å². The van der Waals surface area contributed by atoms with Gasteiger partial charge in [-0.05, 0) is 63.0 Å². The maximum absolute atomic E-state index is 11.6. The Morgan fingerprint density at radius 2 is 2.11 bits per heavy atom. The summed E-state index contributed by atoms with van der Waals surface area (Å²) in [6.45, 7) is 5.10. The van der Waals surface area contributed by atoms with Crippen LogP contribution in [0.1, 0.15) is 68.7 Å². The molecule has 0 aliphatic heterocycles. The van der Waals surface area contributed by atoms with Crippen molar-refractivity contribution in [2.75, 3.05) is 6.54 Å². The minimum absolute atomic E-state index is 0.124. The van der Waals surface area contributed by atoms with E-state index in [1.54, 1.807) is 17.7 Å². The van der Waals surface area contributed by atoms with Crippen LogP contribution in [0.25, 0.3) is 10.2 Å². The van der Waals surface area contributed by atoms with Crippen LogP contribution in [0.3, 0.4) is 0 Å². The Balaban J connectivity index is 1.56. The van der Waals surface area contributed by atoms with Gasteiger partial charge in [-0.25, -0.2) is 9.97 Å². The van der Waals surface area contributed by atoms with Crippen molar-refractivity contribution in [1.29, 1.82) is 0 Å². The van der Waals surface area contributed by atoms with Crippen LogP contribution in [-0.4, -0.2) is 34.6 Å². The van der Waals surface area contributed by atoms with E-state index in [0.717, 1.165) is 67.6 Å². The molecule has 1 amide bonds. The average Bonchev–Trinajstić information content (AvgIpc) is 3.23. The molecule has 1 fully saturated rings. The molecule has 2 aromatic rings. The molecule has 2 aliphatic carbocycles. The Morgan fingerprint density at radius 1 is 1.32 bits per heavy atom. The van der Waals surface area contributed by atoms with Gasteiger partial charge in [-0.3, -0.25) is 4.79 Å². The Bertz CT molecular complexity index is 844. The van der Waals surface area contributed by atoms with E-state index >= 15 is 0 Å². The number of aromatic nitrogens is 2. The molecule has 0 saturated heterocycles. The van der Waals surface area contributed by atoms with Crippen molar-refractivity contribution in [3.05, 3.63) is 16.8 Å². The number of carbonyl (C=O) groups is 1. The van der Waals surface area contributed by atoms with Crippen LogP contribution in [0.2, 0.25) is 0 Å². The summed E-state index contributed by atoms with van der Waals surface area (Å²) in [6, 6.07) is 0.611. The summed E-state index contributed by atoms with van der Waals surface area (Å²) in [6.07, 6.45) is 9.13. The maximum atomic E-state index is 11.6. The van der Waals surface area contributed by atoms with E-state index in [0.29, 0.717) is 12.0 Å². The van der Waals surface area contributed by atoms with Crippen molar-refractivity contribution in [2.45, 2.75) is 76.9 Å². The molecule has 2 atom stereocenters. The predicted molar refractivity (Wildman–Crippen MR) is 112 cm³/mol. The monoisotopic (exact) mass is 402 g/mol. The summed E-state index contributed by atoms with van der Waals surface area (Å²) in [5.41, 5.74) is 6.83. The highest BCUT2D eigenvalue weighted by Crippen LogP contribution is 2.48. The second kappa shape index (κ2) is 8.33. The summed E-state index contributed by atoms with van der Waals surface area (Å²) < 4.78 is 6.42. The highest BCUT2D eigenvalue weighted by molar-refractivity contribution is 7.19. The van der Waals surface area contributed by atoms with Crippen molar-refractivity contribution >= 4 is 27.5 Å². The van der Waals surface area contributed by atoms with Gasteiger partial charge in [0.2, 0.25) is 11.8 Å². The molecular weight excluding hydrogens is 372 g/mol. The fourth-order valence-electron chi connectivity index (χ4n) is 4.74. The van der Waals surface area contributed by atoms with Gasteiger partial charge in [0.05, 0.1) is 5.39 Å². The summed E-state index contributed by atoms with van der Waals surface area (Å²) in [4.78, 5) is 23.0. The van der Waals surface area contributed by atoms with Crippen LogP contribution in [-0.2, 0) is 11.2 Å². The summed E-state index contributed by atoms with van der Waals surface area (Å²) in [7, 11) is 0. The van der Waals surface area contributed by atoms with Crippen LogP contribution in [0.15, 0.2) is 6.33 Å². The summed E-state index contributed by atoms with van der Waals surface area (Å²) in [5.74, 6) is 0.719. The number of ether oxygens (including phenoxy) is 1. The molecule has 6 nitrogen and oxygen atoms in total. The van der Waals surface area contributed by atoms with Gasteiger partial charge in [-0.1, -0.05) is 13.8 Å². The van der Waals surface area contributed by atoms with Gasteiger partial charge >= 0.3 is 0 Å². The van der Waals surface area contributed by atoms with Crippen molar-refractivity contribution < 1.29 is 9.53 Å². The molecule has 7 heteroatoms. The number of nitrogens with one attached hydrogen (secondary N) is 1. The van der Waals surface area contributed by atoms with Gasteiger partial charge in [0, 0.05) is 16.8 Å². The maximum Gasteiger partial charge on any atom is 0.225 e. The Morgan fingerprint density at radius 3 is 2.82 bits per heavy atom. The molecule has 0 bridgehead atoms. The standard InChI is InChI=1S/C21H30N4O2S/c1-3-23-14-5-7-15(8-6-14)27-20-18-17-13(10-12(2)19(22)26)4-9-16(17)28-21(18)25-11-24-20/h11-15,23H,3-10H2,1-2H3,(H2,22,26)/t12-,13-,14?,15?/m1/s1. The lowest BCUT2D eigenvalue weighted by atomic mass is 9.90. The first-order valence-electron chi connectivity index (χ1n) is 10.5. The fraction of sp³-hybridized carbons (Fsp3) is 0.667.